The summed E-state index contributed by atoms with van der Waals surface area (Å²) in [5, 5.41) is 3.56. The maximum absolute atomic E-state index is 12.0. The molecule has 0 radical (unpaired) electrons. The van der Waals surface area contributed by atoms with Crippen LogP contribution in [0.1, 0.15) is 38.5 Å². The highest BCUT2D eigenvalue weighted by Crippen LogP contribution is 2.43. The quantitative estimate of drug-likeness (QED) is 0.676. The van der Waals surface area contributed by atoms with Crippen LogP contribution in [-0.2, 0) is 4.79 Å². The predicted octanol–water partition coefficient (Wildman–Crippen LogP) is 0.467. The van der Waals surface area contributed by atoms with Crippen LogP contribution in [0.4, 0.5) is 0 Å². The molecule has 0 bridgehead atoms. The molecule has 0 spiro atoms. The lowest BCUT2D eigenvalue weighted by Gasteiger charge is -2.36. The Balaban J connectivity index is 1.73. The lowest BCUT2D eigenvalue weighted by atomic mass is 9.91. The third-order valence-electron chi connectivity index (χ3n) is 4.42. The van der Waals surface area contributed by atoms with Crippen LogP contribution in [0.5, 0.6) is 0 Å². The van der Waals surface area contributed by atoms with E-state index in [2.05, 4.69) is 17.3 Å². The van der Waals surface area contributed by atoms with Gasteiger partial charge in [-0.15, -0.1) is 0 Å². The van der Waals surface area contributed by atoms with Gasteiger partial charge in [0.25, 0.3) is 0 Å². The number of likely N-dealkylation sites (N-methyl/N-ethyl adjacent to an activating group) is 1. The molecule has 4 nitrogen and oxygen atoms in total. The monoisotopic (exact) mass is 237 g/mol. The summed E-state index contributed by atoms with van der Waals surface area (Å²) in [6.07, 6.45) is 7.27. The number of carbonyl (C=O) groups excluding carboxylic acids is 1. The number of nitrogens with zero attached hydrogens (tertiary/aromatic N) is 1. The Labute approximate surface area is 103 Å². The largest absolute Gasteiger partial charge is 0.368 e. The number of hydrogen-bond donors (Lipinski definition) is 2. The fourth-order valence-electron chi connectivity index (χ4n) is 2.85. The molecule has 0 saturated heterocycles. The van der Waals surface area contributed by atoms with Gasteiger partial charge in [-0.05, 0) is 51.5 Å². The topological polar surface area (TPSA) is 58.4 Å². The van der Waals surface area contributed by atoms with Crippen molar-refractivity contribution in [2.45, 2.75) is 56.1 Å². The maximum atomic E-state index is 12.0. The van der Waals surface area contributed by atoms with Crippen LogP contribution >= 0.6 is 0 Å². The van der Waals surface area contributed by atoms with Crippen LogP contribution in [0, 0.1) is 5.92 Å². The van der Waals surface area contributed by atoms with Crippen molar-refractivity contribution in [2.24, 2.45) is 11.7 Å². The first-order valence-electron chi connectivity index (χ1n) is 6.89. The second-order valence-electron chi connectivity index (χ2n) is 6.17. The van der Waals surface area contributed by atoms with Crippen molar-refractivity contribution in [3.63, 3.8) is 0 Å². The number of primary amides is 1. The average molecular weight is 237 g/mol. The van der Waals surface area contributed by atoms with Gasteiger partial charge < -0.3 is 10.6 Å². The molecule has 3 aliphatic rings. The standard InChI is InChI=1S/C13H23N3O/c1-16(11-6-7-11)8-13(12(14)17,9-2-3-9)15-10-4-5-10/h9-11,15H,2-8H2,1H3,(H2,14,17). The molecule has 96 valence electrons. The molecule has 0 aromatic heterocycles. The summed E-state index contributed by atoms with van der Waals surface area (Å²) in [5.41, 5.74) is 5.28. The van der Waals surface area contributed by atoms with Crippen molar-refractivity contribution in [2.75, 3.05) is 13.6 Å². The number of hydrogen-bond acceptors (Lipinski definition) is 3. The maximum Gasteiger partial charge on any atom is 0.239 e. The molecule has 0 aromatic carbocycles. The normalized spacial score (nSPS) is 28.1. The van der Waals surface area contributed by atoms with Gasteiger partial charge in [0.05, 0.1) is 0 Å². The van der Waals surface area contributed by atoms with Gasteiger partial charge in [-0.25, -0.2) is 0 Å². The van der Waals surface area contributed by atoms with Gasteiger partial charge in [-0.3, -0.25) is 10.1 Å². The molecule has 0 heterocycles. The fraction of sp³-hybridized carbons (Fsp3) is 0.923. The number of nitrogens with one attached hydrogen (secondary N) is 1. The Bertz CT molecular complexity index is 321. The van der Waals surface area contributed by atoms with Crippen molar-refractivity contribution >= 4 is 5.91 Å². The van der Waals surface area contributed by atoms with E-state index >= 15 is 0 Å². The van der Waals surface area contributed by atoms with Crippen LogP contribution in [0.25, 0.3) is 0 Å². The molecule has 3 N–H and O–H groups in total. The first-order valence-corrected chi connectivity index (χ1v) is 6.89. The molecule has 3 saturated carbocycles. The zero-order valence-electron chi connectivity index (χ0n) is 10.6. The third kappa shape index (κ3) is 2.33. The highest BCUT2D eigenvalue weighted by Gasteiger charge is 2.53. The summed E-state index contributed by atoms with van der Waals surface area (Å²) >= 11 is 0. The van der Waals surface area contributed by atoms with E-state index in [9.17, 15) is 4.79 Å². The van der Waals surface area contributed by atoms with Crippen LogP contribution < -0.4 is 11.1 Å². The first-order chi connectivity index (χ1) is 8.12. The second kappa shape index (κ2) is 3.95. The summed E-state index contributed by atoms with van der Waals surface area (Å²) in [6.45, 7) is 0.800. The van der Waals surface area contributed by atoms with Crippen LogP contribution in [0.15, 0.2) is 0 Å². The molecular formula is C13H23N3O. The molecule has 17 heavy (non-hydrogen) atoms. The Morgan fingerprint density at radius 1 is 1.29 bits per heavy atom. The minimum absolute atomic E-state index is 0.139. The van der Waals surface area contributed by atoms with Gasteiger partial charge in [0, 0.05) is 18.6 Å². The van der Waals surface area contributed by atoms with Crippen molar-refractivity contribution in [3.05, 3.63) is 0 Å². The molecule has 4 heteroatoms. The molecule has 3 rings (SSSR count). The summed E-state index contributed by atoms with van der Waals surface area (Å²) in [5.74, 6) is 0.334. The first kappa shape index (κ1) is 11.5. The number of amides is 1. The predicted molar refractivity (Wildman–Crippen MR) is 66.5 cm³/mol. The highest BCUT2D eigenvalue weighted by molar-refractivity contribution is 5.86. The van der Waals surface area contributed by atoms with E-state index in [4.69, 9.17) is 5.73 Å². The zero-order valence-corrected chi connectivity index (χ0v) is 10.6. The molecule has 3 aliphatic carbocycles. The lowest BCUT2D eigenvalue weighted by molar-refractivity contribution is -0.126. The lowest BCUT2D eigenvalue weighted by Crippen LogP contribution is -2.63. The SMILES string of the molecule is CN(CC(NC1CC1)(C(N)=O)C1CC1)C1CC1. The van der Waals surface area contributed by atoms with E-state index in [0.717, 1.165) is 19.4 Å². The highest BCUT2D eigenvalue weighted by atomic mass is 16.1. The summed E-state index contributed by atoms with van der Waals surface area (Å²) in [7, 11) is 2.13. The van der Waals surface area contributed by atoms with Crippen molar-refractivity contribution in [1.82, 2.24) is 10.2 Å². The van der Waals surface area contributed by atoms with Gasteiger partial charge in [-0.2, -0.15) is 0 Å². The minimum Gasteiger partial charge on any atom is -0.368 e. The average Bonchev–Trinajstić information content (AvgIpc) is 3.15. The smallest absolute Gasteiger partial charge is 0.239 e. The molecule has 1 amide bonds. The fourth-order valence-corrected chi connectivity index (χ4v) is 2.85. The summed E-state index contributed by atoms with van der Waals surface area (Å²) in [6, 6.07) is 1.23. The van der Waals surface area contributed by atoms with Crippen molar-refractivity contribution < 1.29 is 4.79 Å². The van der Waals surface area contributed by atoms with Crippen LogP contribution in [-0.4, -0.2) is 42.0 Å². The van der Waals surface area contributed by atoms with Gasteiger partial charge in [0.15, 0.2) is 0 Å². The van der Waals surface area contributed by atoms with Crippen molar-refractivity contribution in [3.8, 4) is 0 Å². The van der Waals surface area contributed by atoms with Crippen LogP contribution in [0.2, 0.25) is 0 Å². The van der Waals surface area contributed by atoms with Crippen LogP contribution in [0.3, 0.4) is 0 Å². The third-order valence-corrected chi connectivity index (χ3v) is 4.42. The number of rotatable bonds is 7. The van der Waals surface area contributed by atoms with E-state index in [-0.39, 0.29) is 5.91 Å². The van der Waals surface area contributed by atoms with E-state index < -0.39 is 5.54 Å². The molecular weight excluding hydrogens is 214 g/mol. The number of nitrogens with two attached hydrogens (primary N) is 1. The minimum atomic E-state index is -0.446. The zero-order chi connectivity index (χ0) is 12.0. The summed E-state index contributed by atoms with van der Waals surface area (Å²) in [4.78, 5) is 14.3. The van der Waals surface area contributed by atoms with Gasteiger partial charge in [0.1, 0.15) is 5.54 Å². The second-order valence-corrected chi connectivity index (χ2v) is 6.17. The van der Waals surface area contributed by atoms with E-state index in [1.165, 1.54) is 25.7 Å². The Morgan fingerprint density at radius 2 is 1.94 bits per heavy atom. The number of carbonyl (C=O) groups is 1. The van der Waals surface area contributed by atoms with E-state index in [0.29, 0.717) is 18.0 Å². The molecule has 1 unspecified atom stereocenters. The Kier molecular flexibility index (Phi) is 2.67. The summed E-state index contributed by atoms with van der Waals surface area (Å²) < 4.78 is 0. The van der Waals surface area contributed by atoms with Gasteiger partial charge in [0.2, 0.25) is 5.91 Å². The Morgan fingerprint density at radius 3 is 2.35 bits per heavy atom. The van der Waals surface area contributed by atoms with Crippen molar-refractivity contribution in [1.29, 1.82) is 0 Å². The molecule has 0 aromatic rings. The molecule has 0 aliphatic heterocycles. The Hall–Kier alpha value is -0.610. The van der Waals surface area contributed by atoms with E-state index in [1.54, 1.807) is 0 Å². The van der Waals surface area contributed by atoms with E-state index in [1.807, 2.05) is 0 Å². The molecule has 1 atom stereocenters. The van der Waals surface area contributed by atoms with Gasteiger partial charge >= 0.3 is 0 Å². The molecule has 3 fully saturated rings. The van der Waals surface area contributed by atoms with Gasteiger partial charge in [-0.1, -0.05) is 0 Å².